The first-order chi connectivity index (χ1) is 4.83. The summed E-state index contributed by atoms with van der Waals surface area (Å²) in [4.78, 5) is 0. The smallest absolute Gasteiger partial charge is 1.00 e. The van der Waals surface area contributed by atoms with Crippen molar-refractivity contribution in [2.45, 2.75) is 27.7 Å². The fraction of sp³-hybridized carbons (Fsp3) is 1.00. The van der Waals surface area contributed by atoms with Gasteiger partial charge in [0.2, 0.25) is 0 Å². The van der Waals surface area contributed by atoms with Crippen molar-refractivity contribution >= 4 is 0 Å². The predicted molar refractivity (Wildman–Crippen MR) is 48.9 cm³/mol. The number of halogens is 1. The summed E-state index contributed by atoms with van der Waals surface area (Å²) >= 11 is 0. The Morgan fingerprint density at radius 2 is 0.833 bits per heavy atom. The molecule has 0 saturated carbocycles. The Morgan fingerprint density at radius 1 is 0.667 bits per heavy atom. The van der Waals surface area contributed by atoms with Crippen molar-refractivity contribution in [3.63, 3.8) is 0 Å². The molecule has 12 heavy (non-hydrogen) atoms. The second-order valence-corrected chi connectivity index (χ2v) is 1.71. The van der Waals surface area contributed by atoms with Gasteiger partial charge in [0.05, 0.1) is 0 Å². The molecule has 0 saturated heterocycles. The van der Waals surface area contributed by atoms with E-state index in [1.54, 1.807) is 0 Å². The molecule has 0 amide bonds. The zero-order chi connectivity index (χ0) is 8.24. The van der Waals surface area contributed by atoms with E-state index in [0.29, 0.717) is 0 Å². The van der Waals surface area contributed by atoms with E-state index < -0.39 is 0 Å². The molecule has 0 spiro atoms. The predicted octanol–water partition coefficient (Wildman–Crippen LogP) is -0.196. The van der Waals surface area contributed by atoms with Crippen molar-refractivity contribution in [1.29, 1.82) is 0 Å². The van der Waals surface area contributed by atoms with Gasteiger partial charge in [-0.2, -0.15) is 26.2 Å². The van der Waals surface area contributed by atoms with E-state index in [1.165, 1.54) is 0 Å². The van der Waals surface area contributed by atoms with Crippen LogP contribution in [-0.4, -0.2) is 26.2 Å². The maximum Gasteiger partial charge on any atom is 3.00 e. The quantitative estimate of drug-likeness (QED) is 0.686. The molecule has 0 aromatic carbocycles. The van der Waals surface area contributed by atoms with E-state index in [2.05, 4.69) is 10.6 Å². The minimum atomic E-state index is 0. The molecule has 2 nitrogen and oxygen atoms in total. The monoisotopic (exact) mass is 321 g/mol. The minimum Gasteiger partial charge on any atom is -1.00 e. The number of nitrogens with zero attached hydrogens (tertiary/aromatic N) is 2. The van der Waals surface area contributed by atoms with E-state index >= 15 is 0 Å². The number of hydrogen-bond acceptors (Lipinski definition) is 0. The molecular weight excluding hydrogens is 304 g/mol. The normalized spacial score (nSPS) is 7.00. The first-order valence-electron chi connectivity index (χ1n) is 4.09. The third-order valence-corrected chi connectivity index (χ3v) is 0.894. The molecule has 0 unspecified atom stereocenters. The molecule has 0 heterocycles. The third kappa shape index (κ3) is 41.7. The van der Waals surface area contributed by atoms with E-state index in [0.717, 1.165) is 26.2 Å². The second-order valence-electron chi connectivity index (χ2n) is 1.71. The fourth-order valence-electron chi connectivity index (χ4n) is 0.447. The van der Waals surface area contributed by atoms with Crippen LogP contribution in [0.5, 0.6) is 0 Å². The Hall–Kier alpha value is 1.56. The van der Waals surface area contributed by atoms with Gasteiger partial charge in [0.1, 0.15) is 0 Å². The average molecular weight is 324 g/mol. The SMILES string of the molecule is CC[N-]CC.CC[N-]CC.[Cl-].[Nd+3]. The van der Waals surface area contributed by atoms with Gasteiger partial charge >= 0.3 is 40.8 Å². The van der Waals surface area contributed by atoms with E-state index in [9.17, 15) is 0 Å². The molecule has 73 valence electrons. The van der Waals surface area contributed by atoms with Gasteiger partial charge in [0.15, 0.2) is 0 Å². The van der Waals surface area contributed by atoms with Crippen LogP contribution in [0, 0.1) is 40.8 Å². The zero-order valence-corrected chi connectivity index (χ0v) is 12.6. The van der Waals surface area contributed by atoms with Crippen molar-refractivity contribution < 1.29 is 53.2 Å². The van der Waals surface area contributed by atoms with Crippen LogP contribution in [0.4, 0.5) is 0 Å². The maximum absolute atomic E-state index is 3.97. The van der Waals surface area contributed by atoms with Gasteiger partial charge < -0.3 is 23.0 Å². The summed E-state index contributed by atoms with van der Waals surface area (Å²) < 4.78 is 0. The molecule has 0 N–H and O–H groups in total. The zero-order valence-electron chi connectivity index (χ0n) is 8.60. The molecular formula is C8H20ClN2Nd. The minimum absolute atomic E-state index is 0. The van der Waals surface area contributed by atoms with Gasteiger partial charge in [0.25, 0.3) is 0 Å². The molecule has 0 bridgehead atoms. The van der Waals surface area contributed by atoms with Crippen molar-refractivity contribution in [3.8, 4) is 0 Å². The Balaban J connectivity index is -0.0000000457. The number of hydrogen-bond donors (Lipinski definition) is 0. The van der Waals surface area contributed by atoms with E-state index in [4.69, 9.17) is 0 Å². The van der Waals surface area contributed by atoms with Crippen LogP contribution >= 0.6 is 0 Å². The van der Waals surface area contributed by atoms with Gasteiger partial charge in [-0.05, 0) is 0 Å². The van der Waals surface area contributed by atoms with Crippen molar-refractivity contribution in [1.82, 2.24) is 0 Å². The van der Waals surface area contributed by atoms with Crippen molar-refractivity contribution in [3.05, 3.63) is 10.6 Å². The summed E-state index contributed by atoms with van der Waals surface area (Å²) in [6.45, 7) is 12.1. The van der Waals surface area contributed by atoms with Gasteiger partial charge in [0, 0.05) is 0 Å². The van der Waals surface area contributed by atoms with Crippen molar-refractivity contribution in [2.24, 2.45) is 0 Å². The van der Waals surface area contributed by atoms with Crippen LogP contribution in [0.1, 0.15) is 27.7 Å². The average Bonchev–Trinajstić information content (AvgIpc) is 1.93. The molecule has 0 aromatic heterocycles. The largest absolute Gasteiger partial charge is 3.00 e. The van der Waals surface area contributed by atoms with Gasteiger partial charge in [-0.3, -0.25) is 0 Å². The standard InChI is InChI=1S/2C4H10N.ClH.Nd/c2*1-3-5-4-2;;/h2*3-4H2,1-2H3;1H;/q2*-1;;+3/p-1. The van der Waals surface area contributed by atoms with E-state index in [-0.39, 0.29) is 53.2 Å². The summed E-state index contributed by atoms with van der Waals surface area (Å²) in [6, 6.07) is 0. The first-order valence-corrected chi connectivity index (χ1v) is 4.09. The molecule has 0 atom stereocenters. The van der Waals surface area contributed by atoms with Gasteiger partial charge in [-0.15, -0.1) is 0 Å². The molecule has 0 aliphatic carbocycles. The Kier molecular flexibility index (Phi) is 57.3. The molecule has 0 fully saturated rings. The van der Waals surface area contributed by atoms with Crippen molar-refractivity contribution in [2.75, 3.05) is 26.2 Å². The molecule has 0 aliphatic rings. The first kappa shape index (κ1) is 23.4. The van der Waals surface area contributed by atoms with Crippen LogP contribution < -0.4 is 12.4 Å². The van der Waals surface area contributed by atoms with Gasteiger partial charge in [-0.25, -0.2) is 0 Å². The second kappa shape index (κ2) is 29.4. The molecule has 0 aromatic rings. The van der Waals surface area contributed by atoms with Crippen LogP contribution in [0.3, 0.4) is 0 Å². The molecule has 0 rings (SSSR count). The Labute approximate surface area is 117 Å². The van der Waals surface area contributed by atoms with Crippen LogP contribution in [0.25, 0.3) is 10.6 Å². The van der Waals surface area contributed by atoms with E-state index in [1.807, 2.05) is 27.7 Å². The summed E-state index contributed by atoms with van der Waals surface area (Å²) in [5, 5.41) is 7.94. The number of rotatable bonds is 4. The Bertz CT molecular complexity index is 38.0. The fourth-order valence-corrected chi connectivity index (χ4v) is 0.447. The molecule has 0 aliphatic heterocycles. The maximum atomic E-state index is 3.97. The molecule has 4 heteroatoms. The molecule has 1 radical (unpaired) electrons. The van der Waals surface area contributed by atoms with Crippen LogP contribution in [0.2, 0.25) is 0 Å². The summed E-state index contributed by atoms with van der Waals surface area (Å²) in [5.41, 5.74) is 0. The van der Waals surface area contributed by atoms with Crippen LogP contribution in [-0.2, 0) is 0 Å². The Morgan fingerprint density at radius 3 is 0.833 bits per heavy atom. The van der Waals surface area contributed by atoms with Crippen LogP contribution in [0.15, 0.2) is 0 Å². The topological polar surface area (TPSA) is 28.2 Å². The van der Waals surface area contributed by atoms with Gasteiger partial charge in [-0.1, -0.05) is 27.7 Å². The summed E-state index contributed by atoms with van der Waals surface area (Å²) in [7, 11) is 0. The summed E-state index contributed by atoms with van der Waals surface area (Å²) in [6.07, 6.45) is 0. The third-order valence-electron chi connectivity index (χ3n) is 0.894. The summed E-state index contributed by atoms with van der Waals surface area (Å²) in [5.74, 6) is 0.